The smallest absolute Gasteiger partial charge is 0.266 e. The van der Waals surface area contributed by atoms with Crippen LogP contribution in [0.25, 0.3) is 0 Å². The maximum absolute atomic E-state index is 12.6. The second-order valence-electron chi connectivity index (χ2n) is 5.10. The fourth-order valence-corrected chi connectivity index (χ4v) is 2.61. The van der Waals surface area contributed by atoms with Crippen molar-refractivity contribution in [2.24, 2.45) is 0 Å². The van der Waals surface area contributed by atoms with Gasteiger partial charge in [0.1, 0.15) is 6.29 Å². The third-order valence-corrected chi connectivity index (χ3v) is 3.74. The van der Waals surface area contributed by atoms with Crippen molar-refractivity contribution in [3.05, 3.63) is 64.2 Å². The highest BCUT2D eigenvalue weighted by atomic mass is 16.2. The van der Waals surface area contributed by atoms with Crippen LogP contribution in [-0.2, 0) is 0 Å². The minimum absolute atomic E-state index is 0.310. The van der Waals surface area contributed by atoms with Crippen LogP contribution in [0.2, 0.25) is 0 Å². The molecule has 1 heterocycles. The van der Waals surface area contributed by atoms with E-state index in [0.717, 1.165) is 17.4 Å². The number of benzene rings is 2. The second kappa shape index (κ2) is 4.66. The Hall–Kier alpha value is -2.75. The molecule has 0 aromatic heterocycles. The topological polar surface area (TPSA) is 54.5 Å². The van der Waals surface area contributed by atoms with Gasteiger partial charge in [-0.1, -0.05) is 12.1 Å². The maximum atomic E-state index is 12.6. The third-order valence-electron chi connectivity index (χ3n) is 3.74. The minimum Gasteiger partial charge on any atom is -0.298 e. The largest absolute Gasteiger partial charge is 0.298 e. The number of carbonyl (C=O) groups excluding carboxylic acids is 3. The first-order chi connectivity index (χ1) is 10.0. The molecule has 1 aliphatic heterocycles. The molecule has 2 amide bonds. The quantitative estimate of drug-likeness (QED) is 0.627. The zero-order chi connectivity index (χ0) is 15.1. The number of carbonyl (C=O) groups is 3. The molecule has 3 rings (SSSR count). The molecule has 4 nitrogen and oxygen atoms in total. The minimum atomic E-state index is -0.310. The molecule has 4 heteroatoms. The van der Waals surface area contributed by atoms with E-state index in [9.17, 15) is 14.4 Å². The molecule has 0 aliphatic carbocycles. The van der Waals surface area contributed by atoms with Gasteiger partial charge in [0.15, 0.2) is 0 Å². The Morgan fingerprint density at radius 1 is 0.810 bits per heavy atom. The Morgan fingerprint density at radius 3 is 1.71 bits per heavy atom. The second-order valence-corrected chi connectivity index (χ2v) is 5.10. The number of amides is 2. The SMILES string of the molecule is Cc1ccc(C)c2c1C(=O)N(c1ccc(C=O)cc1)C2=O. The van der Waals surface area contributed by atoms with Gasteiger partial charge in [-0.2, -0.15) is 0 Å². The molecule has 0 bridgehead atoms. The Labute approximate surface area is 122 Å². The van der Waals surface area contributed by atoms with Gasteiger partial charge in [0.05, 0.1) is 16.8 Å². The third kappa shape index (κ3) is 1.88. The van der Waals surface area contributed by atoms with Crippen molar-refractivity contribution in [2.45, 2.75) is 13.8 Å². The number of rotatable bonds is 2. The van der Waals surface area contributed by atoms with E-state index in [0.29, 0.717) is 22.4 Å². The van der Waals surface area contributed by atoms with E-state index < -0.39 is 0 Å². The number of fused-ring (bicyclic) bond motifs is 1. The number of imide groups is 1. The first-order valence-electron chi connectivity index (χ1n) is 6.59. The van der Waals surface area contributed by atoms with E-state index >= 15 is 0 Å². The normalized spacial score (nSPS) is 13.5. The Morgan fingerprint density at radius 2 is 1.29 bits per heavy atom. The van der Waals surface area contributed by atoms with Crippen LogP contribution in [0.4, 0.5) is 5.69 Å². The van der Waals surface area contributed by atoms with Crippen LogP contribution >= 0.6 is 0 Å². The average molecular weight is 279 g/mol. The zero-order valence-corrected chi connectivity index (χ0v) is 11.7. The number of hydrogen-bond acceptors (Lipinski definition) is 3. The number of nitrogens with zero attached hydrogens (tertiary/aromatic N) is 1. The van der Waals surface area contributed by atoms with Crippen molar-refractivity contribution in [2.75, 3.05) is 4.90 Å². The molecule has 2 aromatic rings. The first kappa shape index (κ1) is 13.2. The molecule has 0 saturated carbocycles. The lowest BCUT2D eigenvalue weighted by Crippen LogP contribution is -2.29. The fourth-order valence-electron chi connectivity index (χ4n) is 2.61. The molecule has 0 unspecified atom stereocenters. The zero-order valence-electron chi connectivity index (χ0n) is 11.7. The summed E-state index contributed by atoms with van der Waals surface area (Å²) >= 11 is 0. The lowest BCUT2D eigenvalue weighted by molar-refractivity contribution is 0.0925. The van der Waals surface area contributed by atoms with Crippen molar-refractivity contribution < 1.29 is 14.4 Å². The van der Waals surface area contributed by atoms with Gasteiger partial charge in [-0.25, -0.2) is 4.90 Å². The van der Waals surface area contributed by atoms with E-state index in [-0.39, 0.29) is 11.8 Å². The van der Waals surface area contributed by atoms with Crippen LogP contribution < -0.4 is 4.90 Å². The number of hydrogen-bond donors (Lipinski definition) is 0. The van der Waals surface area contributed by atoms with Crippen LogP contribution in [0, 0.1) is 13.8 Å². The van der Waals surface area contributed by atoms with E-state index in [1.165, 1.54) is 4.90 Å². The van der Waals surface area contributed by atoms with E-state index in [4.69, 9.17) is 0 Å². The summed E-state index contributed by atoms with van der Waals surface area (Å²) in [7, 11) is 0. The van der Waals surface area contributed by atoms with Gasteiger partial charge < -0.3 is 0 Å². The van der Waals surface area contributed by atoms with Crippen LogP contribution in [0.3, 0.4) is 0 Å². The lowest BCUT2D eigenvalue weighted by atomic mass is 9.99. The fraction of sp³-hybridized carbons (Fsp3) is 0.118. The van der Waals surface area contributed by atoms with Gasteiger partial charge in [-0.3, -0.25) is 14.4 Å². The molecule has 0 saturated heterocycles. The molecular formula is C17H13NO3. The van der Waals surface area contributed by atoms with E-state index in [1.807, 2.05) is 26.0 Å². The predicted molar refractivity (Wildman–Crippen MR) is 78.9 cm³/mol. The highest BCUT2D eigenvalue weighted by Gasteiger charge is 2.38. The molecular weight excluding hydrogens is 266 g/mol. The summed E-state index contributed by atoms with van der Waals surface area (Å²) < 4.78 is 0. The summed E-state index contributed by atoms with van der Waals surface area (Å²) in [6.45, 7) is 3.64. The van der Waals surface area contributed by atoms with Crippen molar-refractivity contribution >= 4 is 23.8 Å². The van der Waals surface area contributed by atoms with E-state index in [2.05, 4.69) is 0 Å². The number of aryl methyl sites for hydroxylation is 2. The van der Waals surface area contributed by atoms with E-state index in [1.54, 1.807) is 24.3 Å². The van der Waals surface area contributed by atoms with Crippen LogP contribution in [0.1, 0.15) is 42.2 Å². The summed E-state index contributed by atoms with van der Waals surface area (Å²) in [5.41, 5.74) is 3.51. The van der Waals surface area contributed by atoms with Gasteiger partial charge in [0, 0.05) is 5.56 Å². The first-order valence-corrected chi connectivity index (χ1v) is 6.59. The summed E-state index contributed by atoms with van der Waals surface area (Å²) in [6.07, 6.45) is 0.723. The molecule has 1 aliphatic rings. The predicted octanol–water partition coefficient (Wildman–Crippen LogP) is 2.92. The van der Waals surface area contributed by atoms with Gasteiger partial charge in [0.25, 0.3) is 11.8 Å². The van der Waals surface area contributed by atoms with Crippen LogP contribution in [-0.4, -0.2) is 18.1 Å². The highest BCUT2D eigenvalue weighted by Crippen LogP contribution is 2.32. The average Bonchev–Trinajstić information content (AvgIpc) is 2.76. The molecule has 21 heavy (non-hydrogen) atoms. The van der Waals surface area contributed by atoms with Gasteiger partial charge in [0.2, 0.25) is 0 Å². The van der Waals surface area contributed by atoms with Crippen LogP contribution in [0.5, 0.6) is 0 Å². The van der Waals surface area contributed by atoms with Gasteiger partial charge in [-0.15, -0.1) is 0 Å². The monoisotopic (exact) mass is 279 g/mol. The number of aldehydes is 1. The van der Waals surface area contributed by atoms with Crippen molar-refractivity contribution in [1.82, 2.24) is 0 Å². The van der Waals surface area contributed by atoms with Crippen molar-refractivity contribution in [3.8, 4) is 0 Å². The van der Waals surface area contributed by atoms with Crippen LogP contribution in [0.15, 0.2) is 36.4 Å². The molecule has 0 fully saturated rings. The molecule has 0 N–H and O–H groups in total. The highest BCUT2D eigenvalue weighted by molar-refractivity contribution is 6.35. The Bertz CT molecular complexity index is 734. The molecule has 0 spiro atoms. The standard InChI is InChI=1S/C17H13NO3/c1-10-3-4-11(2)15-14(10)16(20)18(17(15)21)13-7-5-12(9-19)6-8-13/h3-9H,1-2H3. The number of anilines is 1. The Balaban J connectivity index is 2.13. The maximum Gasteiger partial charge on any atom is 0.266 e. The Kier molecular flexibility index (Phi) is 2.94. The van der Waals surface area contributed by atoms with Gasteiger partial charge in [-0.05, 0) is 49.2 Å². The molecule has 104 valence electrons. The summed E-state index contributed by atoms with van der Waals surface area (Å²) in [4.78, 5) is 37.0. The van der Waals surface area contributed by atoms with Crippen molar-refractivity contribution in [1.29, 1.82) is 0 Å². The van der Waals surface area contributed by atoms with Gasteiger partial charge >= 0.3 is 0 Å². The van der Waals surface area contributed by atoms with Crippen molar-refractivity contribution in [3.63, 3.8) is 0 Å². The lowest BCUT2D eigenvalue weighted by Gasteiger charge is -2.13. The molecule has 0 atom stereocenters. The summed E-state index contributed by atoms with van der Waals surface area (Å²) in [5, 5.41) is 0. The molecule has 0 radical (unpaired) electrons. The summed E-state index contributed by atoms with van der Waals surface area (Å²) in [5.74, 6) is -0.620. The molecule has 2 aromatic carbocycles. The summed E-state index contributed by atoms with van der Waals surface area (Å²) in [6, 6.07) is 10.1.